The summed E-state index contributed by atoms with van der Waals surface area (Å²) in [5, 5.41) is 2.24. The van der Waals surface area contributed by atoms with Crippen molar-refractivity contribution >= 4 is 27.8 Å². The third-order valence-electron chi connectivity index (χ3n) is 9.47. The summed E-state index contributed by atoms with van der Waals surface area (Å²) in [5.41, 5.74) is 4.55. The highest BCUT2D eigenvalue weighted by atomic mass is 16.6. The van der Waals surface area contributed by atoms with Crippen LogP contribution in [0.2, 0.25) is 0 Å². The van der Waals surface area contributed by atoms with E-state index in [1.165, 1.54) is 75.2 Å². The molecule has 0 N–H and O–H groups in total. The number of aryl methyl sites for hydroxylation is 2. The van der Waals surface area contributed by atoms with Gasteiger partial charge in [0.1, 0.15) is 0 Å². The zero-order valence-corrected chi connectivity index (χ0v) is 26.6. The van der Waals surface area contributed by atoms with Crippen LogP contribution in [-0.2, 0) is 23.4 Å². The molecule has 1 aliphatic rings. The van der Waals surface area contributed by atoms with E-state index in [1.807, 2.05) is 12.1 Å². The number of benzene rings is 2. The molecule has 44 heavy (non-hydrogen) atoms. The standard InChI is InChI=1S/C39H47N3O2/c1-3-5-7-9-11-17-26-41-28-33(30-20-13-15-23-35(30)41)39(32-22-19-25-40-37(32)38(43)44-39)34-29-42(27-18-12-10-8-6-4-2)36-24-16-14-21-31(34)36/h13-16,19-25,28-29H,3-12,17-18,26-27H2,1-2H3. The average molecular weight is 590 g/mol. The molecule has 0 fully saturated rings. The molecule has 0 aliphatic carbocycles. The van der Waals surface area contributed by atoms with Gasteiger partial charge in [0.05, 0.1) is 0 Å². The molecule has 2 aromatic carbocycles. The Kier molecular flexibility index (Phi) is 9.49. The number of esters is 1. The Balaban J connectivity index is 1.45. The van der Waals surface area contributed by atoms with Gasteiger partial charge in [-0.3, -0.25) is 0 Å². The molecular formula is C39H47N3O2. The molecule has 4 heterocycles. The largest absolute Gasteiger partial charge is 0.439 e. The van der Waals surface area contributed by atoms with Crippen LogP contribution in [0.25, 0.3) is 21.8 Å². The maximum atomic E-state index is 13.6. The lowest BCUT2D eigenvalue weighted by molar-refractivity contribution is 0.0256. The van der Waals surface area contributed by atoms with E-state index in [-0.39, 0.29) is 5.97 Å². The summed E-state index contributed by atoms with van der Waals surface area (Å²) in [6, 6.07) is 21.1. The molecule has 230 valence electrons. The first-order valence-electron chi connectivity index (χ1n) is 17.0. The van der Waals surface area contributed by atoms with Crippen LogP contribution in [0.15, 0.2) is 79.3 Å². The lowest BCUT2D eigenvalue weighted by Crippen LogP contribution is -2.29. The molecule has 5 nitrogen and oxygen atoms in total. The van der Waals surface area contributed by atoms with Crippen LogP contribution in [0.5, 0.6) is 0 Å². The van der Waals surface area contributed by atoms with Gasteiger partial charge in [-0.25, -0.2) is 9.78 Å². The Labute approximate surface area is 262 Å². The third kappa shape index (κ3) is 5.69. The first-order chi connectivity index (χ1) is 21.7. The molecule has 0 radical (unpaired) electrons. The van der Waals surface area contributed by atoms with Gasteiger partial charge < -0.3 is 13.9 Å². The zero-order valence-electron chi connectivity index (χ0n) is 26.6. The molecule has 0 atom stereocenters. The minimum atomic E-state index is -1.08. The zero-order chi connectivity index (χ0) is 30.4. The molecule has 0 spiro atoms. The lowest BCUT2D eigenvalue weighted by atomic mass is 9.80. The van der Waals surface area contributed by atoms with Gasteiger partial charge in [-0.1, -0.05) is 121 Å². The van der Waals surface area contributed by atoms with Crippen molar-refractivity contribution < 1.29 is 9.53 Å². The van der Waals surface area contributed by atoms with Crippen LogP contribution in [0, 0.1) is 0 Å². The molecule has 5 heteroatoms. The quantitative estimate of drug-likeness (QED) is 0.0850. The second-order valence-corrected chi connectivity index (χ2v) is 12.5. The fourth-order valence-corrected chi connectivity index (χ4v) is 7.19. The van der Waals surface area contributed by atoms with E-state index < -0.39 is 5.60 Å². The molecular weight excluding hydrogens is 542 g/mol. The SMILES string of the molecule is CCCCCCCCn1cc(C2(c3cn(CCCCCCCC)c4ccccc34)OC(=O)c3ncccc32)c2ccccc21. The number of carbonyl (C=O) groups excluding carboxylic acids is 1. The number of cyclic esters (lactones) is 1. The summed E-state index contributed by atoms with van der Waals surface area (Å²) in [7, 11) is 0. The van der Waals surface area contributed by atoms with E-state index in [1.54, 1.807) is 6.20 Å². The number of fused-ring (bicyclic) bond motifs is 3. The molecule has 0 saturated heterocycles. The normalized spacial score (nSPS) is 14.0. The van der Waals surface area contributed by atoms with Crippen molar-refractivity contribution in [3.05, 3.63) is 102 Å². The average Bonchev–Trinajstić information content (AvgIpc) is 3.71. The molecule has 0 unspecified atom stereocenters. The van der Waals surface area contributed by atoms with E-state index in [9.17, 15) is 4.79 Å². The number of pyridine rings is 1. The fraction of sp³-hybridized carbons (Fsp3) is 0.436. The van der Waals surface area contributed by atoms with E-state index in [0.29, 0.717) is 5.69 Å². The van der Waals surface area contributed by atoms with Gasteiger partial charge in [0.15, 0.2) is 11.3 Å². The maximum Gasteiger partial charge on any atom is 0.358 e. The molecule has 6 rings (SSSR count). The second kappa shape index (κ2) is 13.8. The molecule has 0 amide bonds. The Hall–Kier alpha value is -3.86. The Morgan fingerprint density at radius 3 is 1.66 bits per heavy atom. The van der Waals surface area contributed by atoms with Crippen molar-refractivity contribution in [1.82, 2.24) is 14.1 Å². The number of hydrogen-bond acceptors (Lipinski definition) is 3. The van der Waals surface area contributed by atoms with Crippen LogP contribution in [0.3, 0.4) is 0 Å². The Morgan fingerprint density at radius 1 is 0.614 bits per heavy atom. The maximum absolute atomic E-state index is 13.6. The first-order valence-corrected chi connectivity index (χ1v) is 17.0. The topological polar surface area (TPSA) is 49.0 Å². The second-order valence-electron chi connectivity index (χ2n) is 12.5. The van der Waals surface area contributed by atoms with Crippen LogP contribution >= 0.6 is 0 Å². The number of rotatable bonds is 16. The van der Waals surface area contributed by atoms with Gasteiger partial charge in [0, 0.05) is 70.2 Å². The van der Waals surface area contributed by atoms with Crippen molar-refractivity contribution in [1.29, 1.82) is 0 Å². The van der Waals surface area contributed by atoms with Gasteiger partial charge >= 0.3 is 5.97 Å². The van der Waals surface area contributed by atoms with Gasteiger partial charge in [0.2, 0.25) is 0 Å². The number of para-hydroxylation sites is 2. The summed E-state index contributed by atoms with van der Waals surface area (Å²) >= 11 is 0. The van der Waals surface area contributed by atoms with Crippen molar-refractivity contribution in [2.45, 2.75) is 110 Å². The van der Waals surface area contributed by atoms with Crippen molar-refractivity contribution in [3.63, 3.8) is 0 Å². The molecule has 0 bridgehead atoms. The lowest BCUT2D eigenvalue weighted by Gasteiger charge is -2.29. The van der Waals surface area contributed by atoms with Crippen LogP contribution in [0.4, 0.5) is 0 Å². The number of carbonyl (C=O) groups is 1. The third-order valence-corrected chi connectivity index (χ3v) is 9.47. The monoisotopic (exact) mass is 589 g/mol. The minimum Gasteiger partial charge on any atom is -0.439 e. The van der Waals surface area contributed by atoms with Gasteiger partial charge in [-0.15, -0.1) is 0 Å². The highest BCUT2D eigenvalue weighted by Crippen LogP contribution is 2.51. The smallest absolute Gasteiger partial charge is 0.358 e. The van der Waals surface area contributed by atoms with Crippen molar-refractivity contribution in [3.8, 4) is 0 Å². The fourth-order valence-electron chi connectivity index (χ4n) is 7.19. The summed E-state index contributed by atoms with van der Waals surface area (Å²) in [6.45, 7) is 6.41. The predicted octanol–water partition coefficient (Wildman–Crippen LogP) is 10.2. The summed E-state index contributed by atoms with van der Waals surface area (Å²) in [6.07, 6.45) is 21.2. The first kappa shape index (κ1) is 30.2. The number of hydrogen-bond donors (Lipinski definition) is 0. The van der Waals surface area contributed by atoms with Crippen LogP contribution in [0.1, 0.15) is 118 Å². The molecule has 3 aromatic heterocycles. The van der Waals surface area contributed by atoms with E-state index in [0.717, 1.165) is 53.4 Å². The van der Waals surface area contributed by atoms with Gasteiger partial charge in [-0.2, -0.15) is 0 Å². The molecule has 1 aliphatic heterocycles. The van der Waals surface area contributed by atoms with E-state index in [4.69, 9.17) is 4.74 Å². The number of aromatic nitrogens is 3. The van der Waals surface area contributed by atoms with Gasteiger partial charge in [-0.05, 0) is 31.0 Å². The molecule has 0 saturated carbocycles. The minimum absolute atomic E-state index is 0.360. The van der Waals surface area contributed by atoms with Crippen LogP contribution in [-0.4, -0.2) is 20.1 Å². The highest BCUT2D eigenvalue weighted by Gasteiger charge is 2.52. The van der Waals surface area contributed by atoms with E-state index >= 15 is 0 Å². The Bertz CT molecular complexity index is 1620. The number of ether oxygens (including phenoxy) is 1. The summed E-state index contributed by atoms with van der Waals surface area (Å²) < 4.78 is 11.4. The predicted molar refractivity (Wildman–Crippen MR) is 180 cm³/mol. The summed E-state index contributed by atoms with van der Waals surface area (Å²) in [4.78, 5) is 18.2. The Morgan fingerprint density at radius 2 is 1.11 bits per heavy atom. The van der Waals surface area contributed by atoms with Crippen molar-refractivity contribution in [2.24, 2.45) is 0 Å². The highest BCUT2D eigenvalue weighted by molar-refractivity contribution is 5.99. The van der Waals surface area contributed by atoms with Gasteiger partial charge in [0.25, 0.3) is 0 Å². The number of unbranched alkanes of at least 4 members (excludes halogenated alkanes) is 10. The van der Waals surface area contributed by atoms with Crippen molar-refractivity contribution in [2.75, 3.05) is 0 Å². The van der Waals surface area contributed by atoms with Crippen LogP contribution < -0.4 is 0 Å². The molecule has 5 aromatic rings. The number of nitrogens with zero attached hydrogens (tertiary/aromatic N) is 3. The summed E-state index contributed by atoms with van der Waals surface area (Å²) in [5.74, 6) is -0.360. The van der Waals surface area contributed by atoms with E-state index in [2.05, 4.69) is 88.9 Å².